The Morgan fingerprint density at radius 3 is 2.68 bits per heavy atom. The predicted octanol–water partition coefficient (Wildman–Crippen LogP) is 3.91. The number of benzene rings is 1. The predicted molar refractivity (Wildman–Crippen MR) is 84.2 cm³/mol. The number of nitrogens with zero attached hydrogens (tertiary/aromatic N) is 1. The van der Waals surface area contributed by atoms with Crippen LogP contribution < -0.4 is 0 Å². The molecule has 0 radical (unpaired) electrons. The summed E-state index contributed by atoms with van der Waals surface area (Å²) in [5.74, 6) is -0.0583. The summed E-state index contributed by atoms with van der Waals surface area (Å²) >= 11 is 13.5. The number of carboxylic acid groups (broad SMARTS) is 1. The van der Waals surface area contributed by atoms with Gasteiger partial charge in [0.2, 0.25) is 0 Å². The van der Waals surface area contributed by atoms with Crippen molar-refractivity contribution in [3.63, 3.8) is 0 Å². The van der Waals surface area contributed by atoms with Crippen LogP contribution in [0.4, 0.5) is 0 Å². The van der Waals surface area contributed by atoms with Gasteiger partial charge in [-0.25, -0.2) is 0 Å². The third-order valence-corrected chi connectivity index (χ3v) is 4.33. The summed E-state index contributed by atoms with van der Waals surface area (Å²) in [5.41, 5.74) is 0. The first-order valence-corrected chi connectivity index (χ1v) is 7.17. The summed E-state index contributed by atoms with van der Waals surface area (Å²) in [7, 11) is 1.79. The van der Waals surface area contributed by atoms with E-state index in [-0.39, 0.29) is 12.4 Å². The molecule has 7 heteroatoms. The van der Waals surface area contributed by atoms with Crippen molar-refractivity contribution in [1.29, 1.82) is 0 Å². The highest BCUT2D eigenvalue weighted by Gasteiger charge is 2.16. The van der Waals surface area contributed by atoms with Crippen LogP contribution >= 0.6 is 47.4 Å². The summed E-state index contributed by atoms with van der Waals surface area (Å²) < 4.78 is 0. The molecule has 3 nitrogen and oxygen atoms in total. The van der Waals surface area contributed by atoms with Gasteiger partial charge in [0.15, 0.2) is 0 Å². The summed E-state index contributed by atoms with van der Waals surface area (Å²) in [6.07, 6.45) is 0. The van der Waals surface area contributed by atoms with Gasteiger partial charge >= 0.3 is 5.97 Å². The highest BCUT2D eigenvalue weighted by molar-refractivity contribution is 7.99. The maximum atomic E-state index is 10.8. The van der Waals surface area contributed by atoms with Crippen LogP contribution in [0, 0.1) is 0 Å². The number of hydrogen-bond acceptors (Lipinski definition) is 3. The van der Waals surface area contributed by atoms with Gasteiger partial charge in [0, 0.05) is 22.2 Å². The number of carboxylic acids is 1. The van der Waals surface area contributed by atoms with Crippen molar-refractivity contribution >= 4 is 53.3 Å². The van der Waals surface area contributed by atoms with Gasteiger partial charge in [-0.1, -0.05) is 23.2 Å². The number of likely N-dealkylation sites (N-methyl/N-ethyl adjacent to an activating group) is 1. The Hall–Kier alpha value is -0.130. The molecule has 0 saturated heterocycles. The minimum atomic E-state index is -0.816. The van der Waals surface area contributed by atoms with E-state index in [2.05, 4.69) is 0 Å². The summed E-state index contributed by atoms with van der Waals surface area (Å²) in [5, 5.41) is 10.2. The van der Waals surface area contributed by atoms with E-state index in [9.17, 15) is 4.79 Å². The number of thioether (sulfide) groups is 1. The lowest BCUT2D eigenvalue weighted by molar-refractivity contribution is -0.141. The molecule has 1 atom stereocenters. The third-order valence-electron chi connectivity index (χ3n) is 2.61. The Balaban J connectivity index is 0.00000324. The number of halogens is 3. The van der Waals surface area contributed by atoms with E-state index in [1.807, 2.05) is 6.07 Å². The molecule has 1 aromatic carbocycles. The molecule has 1 aromatic rings. The number of hydrogen-bond donors (Lipinski definition) is 1. The first-order valence-electron chi connectivity index (χ1n) is 5.42. The smallest absolute Gasteiger partial charge is 0.320 e. The normalized spacial score (nSPS) is 12.1. The molecule has 108 valence electrons. The highest BCUT2D eigenvalue weighted by Crippen LogP contribution is 2.29. The van der Waals surface area contributed by atoms with Crippen LogP contribution in [0.15, 0.2) is 23.1 Å². The molecular formula is C12H16Cl3NO2S. The van der Waals surface area contributed by atoms with E-state index in [1.165, 1.54) is 0 Å². The zero-order valence-corrected chi connectivity index (χ0v) is 13.7. The lowest BCUT2D eigenvalue weighted by Gasteiger charge is -2.20. The van der Waals surface area contributed by atoms with Crippen LogP contribution in [0.1, 0.15) is 6.92 Å². The Kier molecular flexibility index (Phi) is 8.86. The van der Waals surface area contributed by atoms with E-state index < -0.39 is 12.0 Å². The fourth-order valence-corrected chi connectivity index (χ4v) is 2.80. The van der Waals surface area contributed by atoms with Gasteiger partial charge in [0.05, 0.1) is 5.02 Å². The molecule has 0 bridgehead atoms. The molecule has 0 saturated carbocycles. The SMILES string of the molecule is CC(C(=O)O)N(C)CCSc1cc(Cl)ccc1Cl.Cl. The molecule has 0 spiro atoms. The minimum absolute atomic E-state index is 0. The van der Waals surface area contributed by atoms with Crippen LogP contribution in [-0.2, 0) is 4.79 Å². The minimum Gasteiger partial charge on any atom is -0.480 e. The van der Waals surface area contributed by atoms with Gasteiger partial charge in [-0.3, -0.25) is 9.69 Å². The molecule has 0 fully saturated rings. The van der Waals surface area contributed by atoms with E-state index in [0.29, 0.717) is 16.6 Å². The summed E-state index contributed by atoms with van der Waals surface area (Å²) in [4.78, 5) is 13.5. The van der Waals surface area contributed by atoms with Crippen molar-refractivity contribution in [2.75, 3.05) is 19.3 Å². The van der Waals surface area contributed by atoms with Gasteiger partial charge in [-0.15, -0.1) is 24.2 Å². The maximum Gasteiger partial charge on any atom is 0.320 e. The highest BCUT2D eigenvalue weighted by atomic mass is 35.5. The molecule has 1 N–H and O–H groups in total. The second-order valence-electron chi connectivity index (χ2n) is 3.92. The van der Waals surface area contributed by atoms with Crippen molar-refractivity contribution < 1.29 is 9.90 Å². The van der Waals surface area contributed by atoms with Gasteiger partial charge in [-0.2, -0.15) is 0 Å². The maximum absolute atomic E-state index is 10.8. The number of carbonyl (C=O) groups is 1. The average Bonchev–Trinajstić information content (AvgIpc) is 2.32. The monoisotopic (exact) mass is 343 g/mol. The second kappa shape index (κ2) is 8.93. The van der Waals surface area contributed by atoms with E-state index in [1.54, 1.807) is 42.8 Å². The average molecular weight is 345 g/mol. The molecule has 0 aliphatic carbocycles. The molecular weight excluding hydrogens is 329 g/mol. The van der Waals surface area contributed by atoms with Crippen molar-refractivity contribution in [3.8, 4) is 0 Å². The fourth-order valence-electron chi connectivity index (χ4n) is 1.27. The first-order chi connectivity index (χ1) is 8.41. The molecule has 19 heavy (non-hydrogen) atoms. The lowest BCUT2D eigenvalue weighted by Crippen LogP contribution is -2.37. The standard InChI is InChI=1S/C12H15Cl2NO2S.ClH/c1-8(12(16)17)15(2)5-6-18-11-7-9(13)3-4-10(11)14;/h3-4,7-8H,5-6H2,1-2H3,(H,16,17);1H. The number of aliphatic carboxylic acids is 1. The zero-order valence-electron chi connectivity index (χ0n) is 10.6. The van der Waals surface area contributed by atoms with Crippen LogP contribution in [0.3, 0.4) is 0 Å². The lowest BCUT2D eigenvalue weighted by atomic mass is 10.3. The van der Waals surface area contributed by atoms with Gasteiger partial charge < -0.3 is 5.11 Å². The van der Waals surface area contributed by atoms with Crippen molar-refractivity contribution in [2.45, 2.75) is 17.9 Å². The Labute approximate surface area is 133 Å². The molecule has 0 aliphatic heterocycles. The van der Waals surface area contributed by atoms with Gasteiger partial charge in [-0.05, 0) is 32.2 Å². The molecule has 1 rings (SSSR count). The van der Waals surface area contributed by atoms with Gasteiger partial charge in [0.1, 0.15) is 6.04 Å². The number of rotatable bonds is 6. The first kappa shape index (κ1) is 18.9. The Morgan fingerprint density at radius 1 is 1.47 bits per heavy atom. The molecule has 0 aliphatic rings. The molecule has 0 amide bonds. The van der Waals surface area contributed by atoms with Crippen molar-refractivity contribution in [1.82, 2.24) is 4.90 Å². The largest absolute Gasteiger partial charge is 0.480 e. The van der Waals surface area contributed by atoms with Crippen LogP contribution in [-0.4, -0.2) is 41.4 Å². The Bertz CT molecular complexity index is 431. The van der Waals surface area contributed by atoms with E-state index in [0.717, 1.165) is 10.6 Å². The van der Waals surface area contributed by atoms with Gasteiger partial charge in [0.25, 0.3) is 0 Å². The van der Waals surface area contributed by atoms with Crippen LogP contribution in [0.25, 0.3) is 0 Å². The van der Waals surface area contributed by atoms with Crippen LogP contribution in [0.5, 0.6) is 0 Å². The van der Waals surface area contributed by atoms with E-state index in [4.69, 9.17) is 28.3 Å². The third kappa shape index (κ3) is 6.23. The summed E-state index contributed by atoms with van der Waals surface area (Å²) in [6, 6.07) is 4.83. The fraction of sp³-hybridized carbons (Fsp3) is 0.417. The Morgan fingerprint density at radius 2 is 2.11 bits per heavy atom. The quantitative estimate of drug-likeness (QED) is 0.794. The zero-order chi connectivity index (χ0) is 13.7. The topological polar surface area (TPSA) is 40.5 Å². The molecule has 1 unspecified atom stereocenters. The van der Waals surface area contributed by atoms with Crippen LogP contribution in [0.2, 0.25) is 10.0 Å². The van der Waals surface area contributed by atoms with Crippen molar-refractivity contribution in [2.24, 2.45) is 0 Å². The van der Waals surface area contributed by atoms with E-state index >= 15 is 0 Å². The second-order valence-corrected chi connectivity index (χ2v) is 5.90. The molecule has 0 heterocycles. The summed E-state index contributed by atoms with van der Waals surface area (Å²) in [6.45, 7) is 2.33. The molecule has 0 aromatic heterocycles. The van der Waals surface area contributed by atoms with Crippen molar-refractivity contribution in [3.05, 3.63) is 28.2 Å².